The topological polar surface area (TPSA) is 40.6 Å². The fraction of sp³-hybridized carbons (Fsp3) is 0.333. The van der Waals surface area contributed by atoms with E-state index in [0.29, 0.717) is 31.1 Å². The molecule has 1 saturated heterocycles. The maximum atomic E-state index is 12.7. The largest absolute Gasteiger partial charge is 0.342 e. The first kappa shape index (κ1) is 18.5. The van der Waals surface area contributed by atoms with Crippen LogP contribution in [0.2, 0.25) is 5.02 Å². The molecule has 1 aliphatic heterocycles. The Kier molecular flexibility index (Phi) is 5.94. The first-order valence-electron chi connectivity index (χ1n) is 8.84. The molecule has 0 bridgehead atoms. The quantitative estimate of drug-likeness (QED) is 0.782. The zero-order valence-corrected chi connectivity index (χ0v) is 15.7. The van der Waals surface area contributed by atoms with Crippen molar-refractivity contribution in [1.29, 1.82) is 0 Å². The van der Waals surface area contributed by atoms with Crippen molar-refractivity contribution < 1.29 is 9.59 Å². The van der Waals surface area contributed by atoms with Crippen molar-refractivity contribution in [3.63, 3.8) is 0 Å². The lowest BCUT2D eigenvalue weighted by Gasteiger charge is -2.21. The lowest BCUT2D eigenvalue weighted by Crippen LogP contribution is -2.34. The van der Waals surface area contributed by atoms with Crippen molar-refractivity contribution in [2.75, 3.05) is 20.1 Å². The third kappa shape index (κ3) is 4.64. The maximum absolute atomic E-state index is 12.7. The van der Waals surface area contributed by atoms with Crippen LogP contribution in [0.3, 0.4) is 0 Å². The summed E-state index contributed by atoms with van der Waals surface area (Å²) in [5.41, 5.74) is 2.19. The summed E-state index contributed by atoms with van der Waals surface area (Å²) in [5.74, 6) is -0.182. The fourth-order valence-corrected chi connectivity index (χ4v) is 3.57. The monoisotopic (exact) mass is 370 g/mol. The highest BCUT2D eigenvalue weighted by molar-refractivity contribution is 6.30. The van der Waals surface area contributed by atoms with Gasteiger partial charge in [0, 0.05) is 38.1 Å². The summed E-state index contributed by atoms with van der Waals surface area (Å²) in [6.07, 6.45) is 1.11. The summed E-state index contributed by atoms with van der Waals surface area (Å²) in [4.78, 5) is 28.5. The van der Waals surface area contributed by atoms with Crippen LogP contribution in [-0.2, 0) is 22.6 Å². The van der Waals surface area contributed by atoms with Gasteiger partial charge in [-0.3, -0.25) is 9.59 Å². The minimum absolute atomic E-state index is 0.0144. The molecule has 0 aromatic heterocycles. The molecule has 1 atom stereocenters. The highest BCUT2D eigenvalue weighted by Gasteiger charge is 2.35. The zero-order chi connectivity index (χ0) is 18.5. The number of likely N-dealkylation sites (tertiary alicyclic amines) is 1. The highest BCUT2D eigenvalue weighted by Crippen LogP contribution is 2.21. The summed E-state index contributed by atoms with van der Waals surface area (Å²) in [5, 5.41) is 0.659. The molecule has 1 heterocycles. The normalized spacial score (nSPS) is 16.8. The number of amides is 2. The van der Waals surface area contributed by atoms with Gasteiger partial charge in [0.25, 0.3) is 0 Å². The molecule has 136 valence electrons. The van der Waals surface area contributed by atoms with Gasteiger partial charge in [0.15, 0.2) is 0 Å². The van der Waals surface area contributed by atoms with Gasteiger partial charge in [0.1, 0.15) is 0 Å². The van der Waals surface area contributed by atoms with Crippen molar-refractivity contribution >= 4 is 23.4 Å². The van der Waals surface area contributed by atoms with Crippen LogP contribution in [0.5, 0.6) is 0 Å². The van der Waals surface area contributed by atoms with E-state index in [4.69, 9.17) is 11.6 Å². The molecule has 5 heteroatoms. The second-order valence-corrected chi connectivity index (χ2v) is 7.24. The number of hydrogen-bond donors (Lipinski definition) is 0. The number of carbonyl (C=O) groups is 2. The minimum atomic E-state index is -0.262. The van der Waals surface area contributed by atoms with Gasteiger partial charge in [-0.25, -0.2) is 0 Å². The van der Waals surface area contributed by atoms with Crippen molar-refractivity contribution in [2.45, 2.75) is 19.4 Å². The molecule has 26 heavy (non-hydrogen) atoms. The van der Waals surface area contributed by atoms with Crippen LogP contribution >= 0.6 is 11.6 Å². The second-order valence-electron chi connectivity index (χ2n) is 6.80. The fourth-order valence-electron chi connectivity index (χ4n) is 3.36. The van der Waals surface area contributed by atoms with E-state index >= 15 is 0 Å². The van der Waals surface area contributed by atoms with Crippen LogP contribution in [0, 0.1) is 5.92 Å². The number of halogens is 1. The molecular formula is C21H23ClN2O2. The van der Waals surface area contributed by atoms with Gasteiger partial charge in [-0.15, -0.1) is 0 Å². The van der Waals surface area contributed by atoms with E-state index in [-0.39, 0.29) is 17.7 Å². The lowest BCUT2D eigenvalue weighted by atomic mass is 10.1. The van der Waals surface area contributed by atoms with Crippen LogP contribution in [0.4, 0.5) is 0 Å². The molecule has 0 saturated carbocycles. The van der Waals surface area contributed by atoms with E-state index in [1.165, 1.54) is 5.56 Å². The van der Waals surface area contributed by atoms with Gasteiger partial charge < -0.3 is 9.80 Å². The van der Waals surface area contributed by atoms with E-state index in [0.717, 1.165) is 12.0 Å². The Bertz CT molecular complexity index is 779. The molecular weight excluding hydrogens is 348 g/mol. The summed E-state index contributed by atoms with van der Waals surface area (Å²) in [6.45, 7) is 1.66. The van der Waals surface area contributed by atoms with Crippen LogP contribution in [0.1, 0.15) is 17.5 Å². The molecule has 2 aromatic carbocycles. The number of carbonyl (C=O) groups excluding carboxylic acids is 2. The molecule has 0 spiro atoms. The Morgan fingerprint density at radius 1 is 1.15 bits per heavy atom. The molecule has 3 rings (SSSR count). The number of benzene rings is 2. The van der Waals surface area contributed by atoms with Gasteiger partial charge in [0.2, 0.25) is 11.8 Å². The van der Waals surface area contributed by atoms with Gasteiger partial charge in [-0.2, -0.15) is 0 Å². The van der Waals surface area contributed by atoms with Gasteiger partial charge >= 0.3 is 0 Å². The average molecular weight is 371 g/mol. The molecule has 2 aromatic rings. The predicted octanol–water partition coefficient (Wildman–Crippen LogP) is 3.39. The van der Waals surface area contributed by atoms with Crippen molar-refractivity contribution in [3.05, 3.63) is 70.7 Å². The van der Waals surface area contributed by atoms with E-state index in [9.17, 15) is 9.59 Å². The predicted molar refractivity (Wildman–Crippen MR) is 103 cm³/mol. The van der Waals surface area contributed by atoms with Crippen LogP contribution in [-0.4, -0.2) is 41.8 Å². The standard InChI is InChI=1S/C21H23ClN2O2/c1-23(14-17-8-5-9-19(22)12-17)21(26)18-13-20(25)24(15-18)11-10-16-6-3-2-4-7-16/h2-9,12,18H,10-11,13-15H2,1H3/t18-/m0/s1. The molecule has 1 fully saturated rings. The molecule has 0 unspecified atom stereocenters. The average Bonchev–Trinajstić information content (AvgIpc) is 3.01. The second kappa shape index (κ2) is 8.37. The Hall–Kier alpha value is -2.33. The third-order valence-corrected chi connectivity index (χ3v) is 5.00. The first-order chi connectivity index (χ1) is 12.5. The number of hydrogen-bond acceptors (Lipinski definition) is 2. The van der Waals surface area contributed by atoms with Crippen LogP contribution in [0.25, 0.3) is 0 Å². The molecule has 1 aliphatic rings. The van der Waals surface area contributed by atoms with E-state index in [1.54, 1.807) is 11.9 Å². The summed E-state index contributed by atoms with van der Waals surface area (Å²) in [6, 6.07) is 17.6. The van der Waals surface area contributed by atoms with Crippen LogP contribution < -0.4 is 0 Å². The summed E-state index contributed by atoms with van der Waals surface area (Å²) < 4.78 is 0. The summed E-state index contributed by atoms with van der Waals surface area (Å²) >= 11 is 6.00. The Balaban J connectivity index is 1.54. The smallest absolute Gasteiger partial charge is 0.228 e. The highest BCUT2D eigenvalue weighted by atomic mass is 35.5. The molecule has 0 aliphatic carbocycles. The van der Waals surface area contributed by atoms with Crippen molar-refractivity contribution in [1.82, 2.24) is 9.80 Å². The molecule has 0 N–H and O–H groups in total. The van der Waals surface area contributed by atoms with E-state index in [1.807, 2.05) is 47.4 Å². The minimum Gasteiger partial charge on any atom is -0.342 e. The molecule has 4 nitrogen and oxygen atoms in total. The Morgan fingerprint density at radius 2 is 1.88 bits per heavy atom. The van der Waals surface area contributed by atoms with Gasteiger partial charge in [-0.1, -0.05) is 54.1 Å². The van der Waals surface area contributed by atoms with Crippen LogP contribution in [0.15, 0.2) is 54.6 Å². The molecule has 0 radical (unpaired) electrons. The van der Waals surface area contributed by atoms with E-state index < -0.39 is 0 Å². The van der Waals surface area contributed by atoms with Gasteiger partial charge in [0.05, 0.1) is 5.92 Å². The van der Waals surface area contributed by atoms with Crippen molar-refractivity contribution in [2.24, 2.45) is 5.92 Å². The van der Waals surface area contributed by atoms with Crippen molar-refractivity contribution in [3.8, 4) is 0 Å². The van der Waals surface area contributed by atoms with E-state index in [2.05, 4.69) is 12.1 Å². The lowest BCUT2D eigenvalue weighted by molar-refractivity contribution is -0.135. The number of rotatable bonds is 6. The summed E-state index contributed by atoms with van der Waals surface area (Å²) in [7, 11) is 1.78. The molecule has 2 amide bonds. The van der Waals surface area contributed by atoms with Gasteiger partial charge in [-0.05, 0) is 29.7 Å². The maximum Gasteiger partial charge on any atom is 0.228 e. The zero-order valence-electron chi connectivity index (χ0n) is 14.9. The SMILES string of the molecule is CN(Cc1cccc(Cl)c1)C(=O)[C@H]1CC(=O)N(CCc2ccccc2)C1. The Morgan fingerprint density at radius 3 is 2.62 bits per heavy atom. The number of nitrogens with zero attached hydrogens (tertiary/aromatic N) is 2. The first-order valence-corrected chi connectivity index (χ1v) is 9.22. The third-order valence-electron chi connectivity index (χ3n) is 4.76. The Labute approximate surface area is 159 Å².